The number of oxime groups is 1. The van der Waals surface area contributed by atoms with E-state index in [-0.39, 0.29) is 30.4 Å². The van der Waals surface area contributed by atoms with E-state index in [1.807, 2.05) is 29.2 Å². The summed E-state index contributed by atoms with van der Waals surface area (Å²) in [5.41, 5.74) is 3.07. The molecule has 2 aliphatic rings. The number of likely N-dealkylation sites (tertiary alicyclic amines) is 1. The summed E-state index contributed by atoms with van der Waals surface area (Å²) in [4.78, 5) is 44.3. The monoisotopic (exact) mass is 732 g/mol. The number of rotatable bonds is 12. The van der Waals surface area contributed by atoms with Gasteiger partial charge < -0.3 is 24.4 Å². The van der Waals surface area contributed by atoms with Crippen molar-refractivity contribution in [2.24, 2.45) is 5.16 Å². The van der Waals surface area contributed by atoms with Crippen LogP contribution in [0, 0.1) is 0 Å². The molecule has 256 valence electrons. The number of pyridine rings is 1. The van der Waals surface area contributed by atoms with Crippen molar-refractivity contribution < 1.29 is 14.4 Å². The summed E-state index contributed by atoms with van der Waals surface area (Å²) in [5.74, 6) is -0.453. The maximum absolute atomic E-state index is 13.5. The van der Waals surface area contributed by atoms with E-state index >= 15 is 0 Å². The van der Waals surface area contributed by atoms with Gasteiger partial charge in [0.2, 0.25) is 0 Å². The Labute approximate surface area is 302 Å². The number of hydrogen-bond donors (Lipinski definition) is 0. The van der Waals surface area contributed by atoms with E-state index in [9.17, 15) is 9.59 Å². The van der Waals surface area contributed by atoms with Gasteiger partial charge >= 0.3 is 6.03 Å². The van der Waals surface area contributed by atoms with Gasteiger partial charge in [0.1, 0.15) is 7.11 Å². The predicted octanol–water partition coefficient (Wildman–Crippen LogP) is 7.74. The number of aromatic nitrogens is 1. The SMILES string of the molecule is CO/N=C(\CN(C)C(=O)c1cc(Cl)cc(Cl)c1)C(CCN1CCC(N2CCCN(Cc3ccncc3)C2=O)CC1)c1ccc(Cl)c(Cl)c1. The second-order valence-electron chi connectivity index (χ2n) is 12.3. The van der Waals surface area contributed by atoms with Gasteiger partial charge in [-0.1, -0.05) is 57.6 Å². The van der Waals surface area contributed by atoms with Crippen LogP contribution in [0.15, 0.2) is 66.1 Å². The number of urea groups is 1. The van der Waals surface area contributed by atoms with Crippen molar-refractivity contribution in [1.29, 1.82) is 0 Å². The minimum atomic E-state index is -0.246. The first-order chi connectivity index (χ1) is 23.1. The first-order valence-corrected chi connectivity index (χ1v) is 17.6. The van der Waals surface area contributed by atoms with Crippen LogP contribution in [0.1, 0.15) is 53.1 Å². The van der Waals surface area contributed by atoms with Crippen LogP contribution in [0.5, 0.6) is 0 Å². The predicted molar refractivity (Wildman–Crippen MR) is 193 cm³/mol. The highest BCUT2D eigenvalue weighted by Gasteiger charge is 2.34. The molecule has 0 bridgehead atoms. The summed E-state index contributed by atoms with van der Waals surface area (Å²) in [6.45, 7) is 4.90. The van der Waals surface area contributed by atoms with E-state index in [2.05, 4.69) is 19.9 Å². The average Bonchev–Trinajstić information content (AvgIpc) is 3.07. The number of carbonyl (C=O) groups is 2. The lowest BCUT2D eigenvalue weighted by Crippen LogP contribution is -2.55. The Balaban J connectivity index is 1.24. The number of carbonyl (C=O) groups excluding carboxylic acids is 2. The maximum atomic E-state index is 13.5. The molecule has 2 saturated heterocycles. The molecule has 0 N–H and O–H groups in total. The number of piperidine rings is 1. The number of benzene rings is 2. The first-order valence-electron chi connectivity index (χ1n) is 16.1. The van der Waals surface area contributed by atoms with Crippen molar-refractivity contribution in [3.05, 3.63) is 97.7 Å². The Morgan fingerprint density at radius 3 is 2.35 bits per heavy atom. The van der Waals surface area contributed by atoms with Crippen molar-refractivity contribution in [2.45, 2.75) is 44.2 Å². The molecule has 1 atom stereocenters. The molecule has 3 amide bonds. The Kier molecular flexibility index (Phi) is 12.8. The number of amides is 3. The lowest BCUT2D eigenvalue weighted by molar-refractivity contribution is 0.0760. The zero-order valence-corrected chi connectivity index (χ0v) is 30.1. The second kappa shape index (κ2) is 17.0. The zero-order chi connectivity index (χ0) is 34.2. The topological polar surface area (TPSA) is 81.6 Å². The molecular weight excluding hydrogens is 694 g/mol. The third kappa shape index (κ3) is 9.33. The normalized spacial score (nSPS) is 17.0. The summed E-state index contributed by atoms with van der Waals surface area (Å²) in [6, 6.07) is 14.6. The Bertz CT molecular complexity index is 1580. The number of nitrogens with zero attached hydrogens (tertiary/aromatic N) is 6. The molecule has 3 aromatic rings. The van der Waals surface area contributed by atoms with Gasteiger partial charge in [-0.05, 0) is 85.8 Å². The highest BCUT2D eigenvalue weighted by atomic mass is 35.5. The van der Waals surface area contributed by atoms with E-state index < -0.39 is 0 Å². The second-order valence-corrected chi connectivity index (χ2v) is 14.0. The van der Waals surface area contributed by atoms with Gasteiger partial charge in [0.15, 0.2) is 0 Å². The molecule has 3 heterocycles. The third-order valence-corrected chi connectivity index (χ3v) is 10.2. The molecule has 2 fully saturated rings. The van der Waals surface area contributed by atoms with E-state index in [0.29, 0.717) is 44.3 Å². The van der Waals surface area contributed by atoms with Crippen LogP contribution in [-0.2, 0) is 11.4 Å². The van der Waals surface area contributed by atoms with Crippen molar-refractivity contribution >= 4 is 64.1 Å². The minimum Gasteiger partial charge on any atom is -0.399 e. The maximum Gasteiger partial charge on any atom is 0.320 e. The highest BCUT2D eigenvalue weighted by molar-refractivity contribution is 6.42. The van der Waals surface area contributed by atoms with Gasteiger partial charge in [-0.25, -0.2) is 4.79 Å². The smallest absolute Gasteiger partial charge is 0.320 e. The van der Waals surface area contributed by atoms with Gasteiger partial charge in [0.25, 0.3) is 5.91 Å². The molecule has 0 radical (unpaired) electrons. The largest absolute Gasteiger partial charge is 0.399 e. The molecule has 5 rings (SSSR count). The molecule has 13 heteroatoms. The molecule has 1 aromatic heterocycles. The Hall–Kier alpha value is -3.08. The lowest BCUT2D eigenvalue weighted by Gasteiger charge is -2.43. The summed E-state index contributed by atoms with van der Waals surface area (Å²) in [6.07, 6.45) is 7.02. The van der Waals surface area contributed by atoms with Gasteiger partial charge in [-0.15, -0.1) is 0 Å². The fourth-order valence-electron chi connectivity index (χ4n) is 6.55. The van der Waals surface area contributed by atoms with Crippen molar-refractivity contribution in [3.63, 3.8) is 0 Å². The molecule has 2 aromatic carbocycles. The average molecular weight is 735 g/mol. The molecule has 0 aliphatic carbocycles. The molecule has 0 saturated carbocycles. The molecular formula is C35H40Cl4N6O3. The van der Waals surface area contributed by atoms with Crippen molar-refractivity contribution in [1.82, 2.24) is 24.6 Å². The van der Waals surface area contributed by atoms with Crippen LogP contribution >= 0.6 is 46.4 Å². The van der Waals surface area contributed by atoms with Crippen LogP contribution in [0.3, 0.4) is 0 Å². The van der Waals surface area contributed by atoms with Crippen LogP contribution in [0.25, 0.3) is 0 Å². The fraction of sp³-hybridized carbons (Fsp3) is 0.429. The summed E-state index contributed by atoms with van der Waals surface area (Å²) >= 11 is 25.1. The van der Waals surface area contributed by atoms with Crippen LogP contribution in [0.2, 0.25) is 20.1 Å². The summed E-state index contributed by atoms with van der Waals surface area (Å²) in [7, 11) is 3.20. The lowest BCUT2D eigenvalue weighted by atomic mass is 9.89. The van der Waals surface area contributed by atoms with Crippen molar-refractivity contribution in [2.75, 3.05) is 53.4 Å². The van der Waals surface area contributed by atoms with Crippen LogP contribution < -0.4 is 0 Å². The van der Waals surface area contributed by atoms with E-state index in [1.54, 1.807) is 48.6 Å². The van der Waals surface area contributed by atoms with Crippen LogP contribution in [0.4, 0.5) is 4.79 Å². The molecule has 48 heavy (non-hydrogen) atoms. The fourth-order valence-corrected chi connectivity index (χ4v) is 7.38. The minimum absolute atomic E-state index is 0.121. The van der Waals surface area contributed by atoms with Crippen molar-refractivity contribution in [3.8, 4) is 0 Å². The Morgan fingerprint density at radius 1 is 0.979 bits per heavy atom. The summed E-state index contributed by atoms with van der Waals surface area (Å²) < 4.78 is 0. The molecule has 0 spiro atoms. The highest BCUT2D eigenvalue weighted by Crippen LogP contribution is 2.31. The quantitative estimate of drug-likeness (QED) is 0.141. The molecule has 2 aliphatic heterocycles. The number of hydrogen-bond acceptors (Lipinski definition) is 6. The molecule has 1 unspecified atom stereocenters. The van der Waals surface area contributed by atoms with Crippen LogP contribution in [-0.4, -0.2) is 102 Å². The van der Waals surface area contributed by atoms with Gasteiger partial charge in [-0.3, -0.25) is 9.78 Å². The number of halogens is 4. The van der Waals surface area contributed by atoms with E-state index in [4.69, 9.17) is 51.2 Å². The molecule has 9 nitrogen and oxygen atoms in total. The summed E-state index contributed by atoms with van der Waals surface area (Å²) in [5, 5.41) is 6.08. The van der Waals surface area contributed by atoms with E-state index in [1.165, 1.54) is 7.11 Å². The van der Waals surface area contributed by atoms with Gasteiger partial charge in [0, 0.05) is 79.7 Å². The Morgan fingerprint density at radius 2 is 1.69 bits per heavy atom. The third-order valence-electron chi connectivity index (χ3n) is 9.01. The standard InChI is InChI=1S/C35H40Cl4N6O3/c1-42(34(46)26-18-27(36)21-28(37)19-26)23-33(41-48-2)30(25-4-5-31(38)32(39)20-25)10-17-43-15-8-29(9-16-43)45-14-3-13-44(35(45)47)22-24-6-11-40-12-7-24/h4-7,11-12,18-21,29-30H,3,8-10,13-17,22-23H2,1-2H3/b41-33+. The first kappa shape index (κ1) is 36.2. The van der Waals surface area contributed by atoms with E-state index in [0.717, 1.165) is 63.1 Å². The van der Waals surface area contributed by atoms with Gasteiger partial charge in [-0.2, -0.15) is 0 Å². The zero-order valence-electron chi connectivity index (χ0n) is 27.1. The van der Waals surface area contributed by atoms with Gasteiger partial charge in [0.05, 0.1) is 22.3 Å².